The van der Waals surface area contributed by atoms with Gasteiger partial charge in [-0.25, -0.2) is 13.4 Å². The highest BCUT2D eigenvalue weighted by molar-refractivity contribution is 7.91. The van der Waals surface area contributed by atoms with Gasteiger partial charge in [0.15, 0.2) is 9.84 Å². The Balaban J connectivity index is 1.84. The number of aromatic nitrogens is 1. The highest BCUT2D eigenvalue weighted by atomic mass is 32.2. The Morgan fingerprint density at radius 2 is 2.04 bits per heavy atom. The summed E-state index contributed by atoms with van der Waals surface area (Å²) < 4.78 is 29.4. The third-order valence-electron chi connectivity index (χ3n) is 4.74. The van der Waals surface area contributed by atoms with Crippen LogP contribution in [0.3, 0.4) is 0 Å². The predicted molar refractivity (Wildman–Crippen MR) is 89.7 cm³/mol. The van der Waals surface area contributed by atoms with Gasteiger partial charge in [0.05, 0.1) is 24.2 Å². The molecule has 1 aromatic rings. The van der Waals surface area contributed by atoms with Gasteiger partial charge >= 0.3 is 0 Å². The van der Waals surface area contributed by atoms with Crippen molar-refractivity contribution in [2.45, 2.75) is 19.0 Å². The second kappa shape index (κ2) is 6.78. The number of methoxy groups -OCH3 is 1. The smallest absolute Gasteiger partial charge is 0.272 e. The lowest BCUT2D eigenvalue weighted by Crippen LogP contribution is -2.61. The zero-order valence-corrected chi connectivity index (χ0v) is 14.8. The summed E-state index contributed by atoms with van der Waals surface area (Å²) in [5, 5.41) is 0. The Morgan fingerprint density at radius 3 is 2.75 bits per heavy atom. The summed E-state index contributed by atoms with van der Waals surface area (Å²) in [4.78, 5) is 21.0. The first kappa shape index (κ1) is 17.3. The number of carbonyl (C=O) groups is 1. The van der Waals surface area contributed by atoms with Crippen molar-refractivity contribution in [1.82, 2.24) is 14.8 Å². The van der Waals surface area contributed by atoms with Crippen LogP contribution in [0.2, 0.25) is 0 Å². The second-order valence-corrected chi connectivity index (χ2v) is 8.56. The van der Waals surface area contributed by atoms with E-state index in [0.29, 0.717) is 31.9 Å². The van der Waals surface area contributed by atoms with Crippen molar-refractivity contribution in [2.75, 3.05) is 44.9 Å². The Bertz CT molecular complexity index is 722. The van der Waals surface area contributed by atoms with Gasteiger partial charge in [-0.15, -0.1) is 0 Å². The van der Waals surface area contributed by atoms with Gasteiger partial charge in [0, 0.05) is 38.5 Å². The van der Waals surface area contributed by atoms with Crippen LogP contribution in [0.15, 0.2) is 18.2 Å². The first-order valence-corrected chi connectivity index (χ1v) is 9.91. The predicted octanol–water partition coefficient (Wildman–Crippen LogP) is -0.0402. The summed E-state index contributed by atoms with van der Waals surface area (Å²) in [5.41, 5.74) is 1.15. The largest absolute Gasteiger partial charge is 0.383 e. The number of carbonyl (C=O) groups excluding carboxylic acids is 1. The molecule has 0 bridgehead atoms. The van der Waals surface area contributed by atoms with E-state index in [4.69, 9.17) is 4.74 Å². The van der Waals surface area contributed by atoms with E-state index in [1.54, 1.807) is 24.1 Å². The Kier molecular flexibility index (Phi) is 4.89. The summed E-state index contributed by atoms with van der Waals surface area (Å²) in [6, 6.07) is 4.85. The number of sulfone groups is 1. The van der Waals surface area contributed by atoms with Gasteiger partial charge in [-0.2, -0.15) is 0 Å². The third kappa shape index (κ3) is 3.45. The average Bonchev–Trinajstić information content (AvgIpc) is 2.87. The van der Waals surface area contributed by atoms with Crippen molar-refractivity contribution in [2.24, 2.45) is 0 Å². The monoisotopic (exact) mass is 353 g/mol. The minimum Gasteiger partial charge on any atom is -0.383 e. The van der Waals surface area contributed by atoms with Crippen LogP contribution in [0.4, 0.5) is 0 Å². The normalized spacial score (nSPS) is 26.3. The maximum absolute atomic E-state index is 12.9. The SMILES string of the molecule is COCCN1CCN(C(=O)c2cccc(C)n2)[C@H]2CS(=O)(=O)C[C@H]21. The van der Waals surface area contributed by atoms with Crippen LogP contribution < -0.4 is 0 Å². The van der Waals surface area contributed by atoms with E-state index in [0.717, 1.165) is 5.69 Å². The minimum absolute atomic E-state index is 0.0265. The third-order valence-corrected chi connectivity index (χ3v) is 6.44. The number of amides is 1. The van der Waals surface area contributed by atoms with Gasteiger partial charge in [0.2, 0.25) is 0 Å². The lowest BCUT2D eigenvalue weighted by molar-refractivity contribution is 0.0243. The molecule has 3 heterocycles. The molecule has 0 saturated carbocycles. The fourth-order valence-electron chi connectivity index (χ4n) is 3.57. The molecule has 3 rings (SSSR count). The van der Waals surface area contributed by atoms with Crippen LogP contribution in [0.5, 0.6) is 0 Å². The van der Waals surface area contributed by atoms with Crippen LogP contribution in [0, 0.1) is 6.92 Å². The molecule has 0 aromatic carbocycles. The Morgan fingerprint density at radius 1 is 1.29 bits per heavy atom. The molecule has 0 radical (unpaired) electrons. The van der Waals surface area contributed by atoms with E-state index in [9.17, 15) is 13.2 Å². The van der Waals surface area contributed by atoms with Crippen LogP contribution in [0.1, 0.15) is 16.2 Å². The molecule has 132 valence electrons. The maximum Gasteiger partial charge on any atom is 0.272 e. The molecular formula is C16H23N3O4S. The molecule has 0 N–H and O–H groups in total. The number of aryl methyl sites for hydroxylation is 1. The molecule has 2 fully saturated rings. The highest BCUT2D eigenvalue weighted by Crippen LogP contribution is 2.27. The molecule has 8 heteroatoms. The summed E-state index contributed by atoms with van der Waals surface area (Å²) in [7, 11) is -1.51. The van der Waals surface area contributed by atoms with E-state index >= 15 is 0 Å². The maximum atomic E-state index is 12.9. The lowest BCUT2D eigenvalue weighted by Gasteiger charge is -2.43. The van der Waals surface area contributed by atoms with Crippen molar-refractivity contribution >= 4 is 15.7 Å². The quantitative estimate of drug-likeness (QED) is 0.756. The van der Waals surface area contributed by atoms with E-state index in [1.807, 2.05) is 13.0 Å². The molecule has 1 aromatic heterocycles. The number of nitrogens with zero attached hydrogens (tertiary/aromatic N) is 3. The van der Waals surface area contributed by atoms with Crippen LogP contribution in [-0.2, 0) is 14.6 Å². The molecule has 7 nitrogen and oxygen atoms in total. The Labute approximate surface area is 142 Å². The van der Waals surface area contributed by atoms with Gasteiger partial charge in [-0.3, -0.25) is 9.69 Å². The highest BCUT2D eigenvalue weighted by Gasteiger charge is 2.48. The van der Waals surface area contributed by atoms with Gasteiger partial charge in [-0.1, -0.05) is 6.07 Å². The number of hydrogen-bond donors (Lipinski definition) is 0. The molecule has 0 aliphatic carbocycles. The molecule has 24 heavy (non-hydrogen) atoms. The number of piperazine rings is 1. The van der Waals surface area contributed by atoms with Gasteiger partial charge < -0.3 is 9.64 Å². The first-order chi connectivity index (χ1) is 11.4. The summed E-state index contributed by atoms with van der Waals surface area (Å²) >= 11 is 0. The molecular weight excluding hydrogens is 330 g/mol. The van der Waals surface area contributed by atoms with Crippen LogP contribution in [0.25, 0.3) is 0 Å². The van der Waals surface area contributed by atoms with E-state index in [1.165, 1.54) is 0 Å². The Hall–Kier alpha value is -1.51. The molecule has 2 aliphatic rings. The number of rotatable bonds is 4. The fraction of sp³-hybridized carbons (Fsp3) is 0.625. The lowest BCUT2D eigenvalue weighted by atomic mass is 10.0. The number of fused-ring (bicyclic) bond motifs is 1. The average molecular weight is 353 g/mol. The van der Waals surface area contributed by atoms with Crippen LogP contribution >= 0.6 is 0 Å². The molecule has 0 spiro atoms. The first-order valence-electron chi connectivity index (χ1n) is 8.09. The minimum atomic E-state index is -3.14. The zero-order chi connectivity index (χ0) is 17.3. The van der Waals surface area contributed by atoms with E-state index < -0.39 is 9.84 Å². The molecule has 0 unspecified atom stereocenters. The van der Waals surface area contributed by atoms with Crippen molar-refractivity contribution in [3.05, 3.63) is 29.6 Å². The topological polar surface area (TPSA) is 79.8 Å². The molecule has 2 aliphatic heterocycles. The summed E-state index contributed by atoms with van der Waals surface area (Å²) in [6.07, 6.45) is 0. The number of hydrogen-bond acceptors (Lipinski definition) is 6. The second-order valence-electron chi connectivity index (χ2n) is 6.40. The summed E-state index contributed by atoms with van der Waals surface area (Å²) in [5.74, 6) is -0.0531. The van der Waals surface area contributed by atoms with Crippen molar-refractivity contribution in [1.29, 1.82) is 0 Å². The standard InChI is InChI=1S/C16H23N3O4S/c1-12-4-3-5-13(17-12)16(20)19-7-6-18(8-9-23-2)14-10-24(21,22)11-15(14)19/h3-5,14-15H,6-11H2,1-2H3/t14-,15+/m1/s1. The van der Waals surface area contributed by atoms with Crippen molar-refractivity contribution < 1.29 is 17.9 Å². The number of ether oxygens (including phenoxy) is 1. The van der Waals surface area contributed by atoms with E-state index in [-0.39, 0.29) is 29.5 Å². The number of pyridine rings is 1. The van der Waals surface area contributed by atoms with Crippen LogP contribution in [-0.4, -0.2) is 86.0 Å². The van der Waals surface area contributed by atoms with Gasteiger partial charge in [0.1, 0.15) is 5.69 Å². The molecule has 2 atom stereocenters. The van der Waals surface area contributed by atoms with Gasteiger partial charge in [-0.05, 0) is 19.1 Å². The fourth-order valence-corrected chi connectivity index (χ4v) is 5.58. The molecule has 2 saturated heterocycles. The van der Waals surface area contributed by atoms with Crippen molar-refractivity contribution in [3.63, 3.8) is 0 Å². The zero-order valence-electron chi connectivity index (χ0n) is 14.0. The molecule has 1 amide bonds. The van der Waals surface area contributed by atoms with Gasteiger partial charge in [0.25, 0.3) is 5.91 Å². The van der Waals surface area contributed by atoms with Crippen molar-refractivity contribution in [3.8, 4) is 0 Å². The summed E-state index contributed by atoms with van der Waals surface area (Å²) in [6.45, 7) is 4.23. The van der Waals surface area contributed by atoms with E-state index in [2.05, 4.69) is 9.88 Å².